The zero-order chi connectivity index (χ0) is 26.2. The standard InChI is InChI=1S/C28H22F3N5O2/c29-20-5-1-18(2-6-20)27-32-28(19-3-7-21(30)8-4-19)36(33-27)16-25(37)35-13-11-17(12-14-35)26-23-15-22(31)9-10-24(23)38-34-26/h1-10,15,17H,11-14,16H2. The lowest BCUT2D eigenvalue weighted by Crippen LogP contribution is -2.40. The van der Waals surface area contributed by atoms with Gasteiger partial charge in [0.05, 0.1) is 5.69 Å². The quantitative estimate of drug-likeness (QED) is 0.304. The van der Waals surface area contributed by atoms with E-state index in [0.29, 0.717) is 65.4 Å². The molecular formula is C28H22F3N5O2. The van der Waals surface area contributed by atoms with Crippen LogP contribution < -0.4 is 0 Å². The first-order valence-corrected chi connectivity index (χ1v) is 12.2. The summed E-state index contributed by atoms with van der Waals surface area (Å²) in [6.45, 7) is 0.931. The molecule has 1 saturated heterocycles. The van der Waals surface area contributed by atoms with E-state index in [0.717, 1.165) is 0 Å². The topological polar surface area (TPSA) is 77.1 Å². The molecule has 0 radical (unpaired) electrons. The number of rotatable bonds is 5. The van der Waals surface area contributed by atoms with Gasteiger partial charge in [-0.15, -0.1) is 5.10 Å². The van der Waals surface area contributed by atoms with Gasteiger partial charge in [0.1, 0.15) is 24.0 Å². The van der Waals surface area contributed by atoms with E-state index < -0.39 is 0 Å². The summed E-state index contributed by atoms with van der Waals surface area (Å²) in [5.74, 6) is -0.467. The van der Waals surface area contributed by atoms with Crippen LogP contribution in [0.2, 0.25) is 0 Å². The predicted molar refractivity (Wildman–Crippen MR) is 133 cm³/mol. The number of likely N-dealkylation sites (tertiary alicyclic amines) is 1. The van der Waals surface area contributed by atoms with E-state index in [1.165, 1.54) is 41.1 Å². The predicted octanol–water partition coefficient (Wildman–Crippen LogP) is 5.58. The van der Waals surface area contributed by atoms with E-state index in [1.807, 2.05) is 0 Å². The van der Waals surface area contributed by atoms with Gasteiger partial charge in [-0.2, -0.15) is 0 Å². The van der Waals surface area contributed by atoms with Crippen molar-refractivity contribution in [2.45, 2.75) is 25.3 Å². The van der Waals surface area contributed by atoms with Crippen molar-refractivity contribution in [2.75, 3.05) is 13.1 Å². The molecule has 0 saturated carbocycles. The van der Waals surface area contributed by atoms with E-state index in [2.05, 4.69) is 15.2 Å². The second-order valence-electron chi connectivity index (χ2n) is 9.29. The van der Waals surface area contributed by atoms with Crippen LogP contribution in [0.4, 0.5) is 13.2 Å². The Bertz CT molecular complexity index is 1600. The molecule has 1 aliphatic heterocycles. The average Bonchev–Trinajstić information content (AvgIpc) is 3.54. The molecule has 5 aromatic rings. The molecule has 10 heteroatoms. The smallest absolute Gasteiger partial charge is 0.244 e. The Labute approximate surface area is 215 Å². The first-order chi connectivity index (χ1) is 18.4. The molecule has 192 valence electrons. The number of benzene rings is 3. The van der Waals surface area contributed by atoms with Gasteiger partial charge in [0.15, 0.2) is 17.2 Å². The number of hydrogen-bond donors (Lipinski definition) is 0. The van der Waals surface area contributed by atoms with Crippen molar-refractivity contribution in [3.05, 3.63) is 89.9 Å². The Kier molecular flexibility index (Phi) is 6.15. The maximum atomic E-state index is 13.8. The van der Waals surface area contributed by atoms with Crippen LogP contribution >= 0.6 is 0 Å². The Morgan fingerprint density at radius 2 is 1.50 bits per heavy atom. The molecule has 0 atom stereocenters. The molecule has 6 rings (SSSR count). The molecule has 3 aromatic carbocycles. The minimum atomic E-state index is -0.389. The minimum Gasteiger partial charge on any atom is -0.356 e. The largest absolute Gasteiger partial charge is 0.356 e. The summed E-state index contributed by atoms with van der Waals surface area (Å²) in [5.41, 5.74) is 2.45. The molecule has 0 spiro atoms. The van der Waals surface area contributed by atoms with Gasteiger partial charge in [-0.05, 0) is 79.6 Å². The van der Waals surface area contributed by atoms with Crippen molar-refractivity contribution >= 4 is 16.9 Å². The average molecular weight is 518 g/mol. The lowest BCUT2D eigenvalue weighted by Gasteiger charge is -2.31. The van der Waals surface area contributed by atoms with E-state index in [4.69, 9.17) is 4.52 Å². The first kappa shape index (κ1) is 23.9. The number of aromatic nitrogens is 4. The fraction of sp³-hybridized carbons (Fsp3) is 0.214. The second-order valence-corrected chi connectivity index (χ2v) is 9.29. The third kappa shape index (κ3) is 4.65. The van der Waals surface area contributed by atoms with E-state index in [-0.39, 0.29) is 35.8 Å². The van der Waals surface area contributed by atoms with Gasteiger partial charge < -0.3 is 9.42 Å². The molecule has 1 amide bonds. The number of hydrogen-bond acceptors (Lipinski definition) is 5. The number of halogens is 3. The van der Waals surface area contributed by atoms with Gasteiger partial charge in [-0.25, -0.2) is 22.8 Å². The van der Waals surface area contributed by atoms with Crippen LogP contribution in [-0.4, -0.2) is 43.8 Å². The van der Waals surface area contributed by atoms with Crippen LogP contribution in [0.3, 0.4) is 0 Å². The zero-order valence-corrected chi connectivity index (χ0v) is 20.2. The molecule has 0 bridgehead atoms. The highest BCUT2D eigenvalue weighted by Crippen LogP contribution is 2.33. The first-order valence-electron chi connectivity index (χ1n) is 12.2. The summed E-state index contributed by atoms with van der Waals surface area (Å²) in [7, 11) is 0. The van der Waals surface area contributed by atoms with E-state index in [1.54, 1.807) is 35.2 Å². The molecule has 0 aliphatic carbocycles. The summed E-state index contributed by atoms with van der Waals surface area (Å²) in [6.07, 6.45) is 1.32. The highest BCUT2D eigenvalue weighted by atomic mass is 19.1. The number of fused-ring (bicyclic) bond motifs is 1. The van der Waals surface area contributed by atoms with Gasteiger partial charge in [0, 0.05) is 35.5 Å². The third-order valence-corrected chi connectivity index (χ3v) is 6.86. The van der Waals surface area contributed by atoms with Crippen molar-refractivity contribution in [1.29, 1.82) is 0 Å². The maximum absolute atomic E-state index is 13.8. The van der Waals surface area contributed by atoms with Crippen LogP contribution in [0.25, 0.3) is 33.7 Å². The van der Waals surface area contributed by atoms with Crippen molar-refractivity contribution < 1.29 is 22.5 Å². The summed E-state index contributed by atoms with van der Waals surface area (Å²) >= 11 is 0. The Morgan fingerprint density at radius 3 is 2.18 bits per heavy atom. The molecule has 0 unspecified atom stereocenters. The number of carbonyl (C=O) groups is 1. The molecule has 1 aliphatic rings. The van der Waals surface area contributed by atoms with Gasteiger partial charge in [0.2, 0.25) is 5.91 Å². The lowest BCUT2D eigenvalue weighted by atomic mass is 9.91. The Balaban J connectivity index is 1.21. The van der Waals surface area contributed by atoms with Gasteiger partial charge in [-0.3, -0.25) is 4.79 Å². The normalized spacial score (nSPS) is 14.3. The number of carbonyl (C=O) groups excluding carboxylic acids is 1. The summed E-state index contributed by atoms with van der Waals surface area (Å²) < 4.78 is 47.6. The van der Waals surface area contributed by atoms with Crippen molar-refractivity contribution in [3.8, 4) is 22.8 Å². The Morgan fingerprint density at radius 1 is 0.868 bits per heavy atom. The third-order valence-electron chi connectivity index (χ3n) is 6.86. The monoisotopic (exact) mass is 517 g/mol. The number of piperidine rings is 1. The molecule has 2 aromatic heterocycles. The molecule has 3 heterocycles. The number of amides is 1. The highest BCUT2D eigenvalue weighted by Gasteiger charge is 2.28. The van der Waals surface area contributed by atoms with E-state index >= 15 is 0 Å². The maximum Gasteiger partial charge on any atom is 0.244 e. The van der Waals surface area contributed by atoms with Gasteiger partial charge in [-0.1, -0.05) is 5.16 Å². The lowest BCUT2D eigenvalue weighted by molar-refractivity contribution is -0.133. The highest BCUT2D eigenvalue weighted by molar-refractivity contribution is 5.80. The van der Waals surface area contributed by atoms with Crippen molar-refractivity contribution in [1.82, 2.24) is 24.8 Å². The van der Waals surface area contributed by atoms with Crippen LogP contribution in [0.15, 0.2) is 71.3 Å². The SMILES string of the molecule is O=C(Cn1nc(-c2ccc(F)cc2)nc1-c1ccc(F)cc1)N1CCC(c2noc3ccc(F)cc23)CC1. The van der Waals surface area contributed by atoms with Crippen molar-refractivity contribution in [3.63, 3.8) is 0 Å². The summed E-state index contributed by atoms with van der Waals surface area (Å²) in [6, 6.07) is 15.9. The van der Waals surface area contributed by atoms with Gasteiger partial charge in [0.25, 0.3) is 0 Å². The second kappa shape index (κ2) is 9.77. The summed E-state index contributed by atoms with van der Waals surface area (Å²) in [5, 5.41) is 9.36. The number of nitrogens with zero attached hydrogens (tertiary/aromatic N) is 5. The Hall–Kier alpha value is -4.47. The van der Waals surface area contributed by atoms with E-state index in [9.17, 15) is 18.0 Å². The van der Waals surface area contributed by atoms with Crippen molar-refractivity contribution in [2.24, 2.45) is 0 Å². The zero-order valence-electron chi connectivity index (χ0n) is 20.2. The molecule has 0 N–H and O–H groups in total. The molecule has 7 nitrogen and oxygen atoms in total. The fourth-order valence-corrected chi connectivity index (χ4v) is 4.84. The summed E-state index contributed by atoms with van der Waals surface area (Å²) in [4.78, 5) is 19.6. The van der Waals surface area contributed by atoms with Crippen LogP contribution in [0.1, 0.15) is 24.5 Å². The molecule has 38 heavy (non-hydrogen) atoms. The van der Waals surface area contributed by atoms with Gasteiger partial charge >= 0.3 is 0 Å². The fourth-order valence-electron chi connectivity index (χ4n) is 4.84. The van der Waals surface area contributed by atoms with Crippen LogP contribution in [0, 0.1) is 17.5 Å². The minimum absolute atomic E-state index is 0.0494. The molecule has 1 fully saturated rings. The van der Waals surface area contributed by atoms with Crippen LogP contribution in [0.5, 0.6) is 0 Å². The molecular weight excluding hydrogens is 495 g/mol. The van der Waals surface area contributed by atoms with Crippen LogP contribution in [-0.2, 0) is 11.3 Å².